The largest absolute Gasteiger partial charge is 0.312 e. The molecule has 19 heavy (non-hydrogen) atoms. The number of carbonyl (C=O) groups is 1. The molecule has 0 radical (unpaired) electrons. The first-order valence-corrected chi connectivity index (χ1v) is 7.29. The summed E-state index contributed by atoms with van der Waals surface area (Å²) in [4.78, 5) is 15.1. The fourth-order valence-electron chi connectivity index (χ4n) is 2.31. The highest BCUT2D eigenvalue weighted by Crippen LogP contribution is 2.27. The van der Waals surface area contributed by atoms with Crippen LogP contribution in [0.4, 0.5) is 0 Å². The van der Waals surface area contributed by atoms with Crippen LogP contribution in [0.25, 0.3) is 6.08 Å². The monoisotopic (exact) mass is 269 g/mol. The average molecular weight is 269 g/mol. The van der Waals surface area contributed by atoms with Crippen molar-refractivity contribution in [1.29, 1.82) is 0 Å². The zero-order chi connectivity index (χ0) is 13.1. The second-order valence-electron chi connectivity index (χ2n) is 4.62. The first kappa shape index (κ1) is 12.2. The molecular weight excluding hydrogens is 254 g/mol. The zero-order valence-corrected chi connectivity index (χ0v) is 11.4. The van der Waals surface area contributed by atoms with Gasteiger partial charge in [-0.15, -0.1) is 11.3 Å². The molecule has 3 rings (SSSR count). The third-order valence-electron chi connectivity index (χ3n) is 3.28. The van der Waals surface area contributed by atoms with Crippen LogP contribution < -0.4 is 0 Å². The summed E-state index contributed by atoms with van der Waals surface area (Å²) < 4.78 is 0. The van der Waals surface area contributed by atoms with Crippen LogP contribution in [0.15, 0.2) is 53.5 Å². The molecule has 1 aliphatic rings. The molecule has 0 N–H and O–H groups in total. The Morgan fingerprint density at radius 1 is 1.11 bits per heavy atom. The van der Waals surface area contributed by atoms with Gasteiger partial charge in [0.2, 0.25) is 5.91 Å². The topological polar surface area (TPSA) is 20.3 Å². The van der Waals surface area contributed by atoms with E-state index < -0.39 is 0 Å². The highest BCUT2D eigenvalue weighted by Gasteiger charge is 2.25. The molecule has 1 fully saturated rings. The van der Waals surface area contributed by atoms with E-state index >= 15 is 0 Å². The van der Waals surface area contributed by atoms with Gasteiger partial charge in [-0.25, -0.2) is 0 Å². The molecule has 2 nitrogen and oxygen atoms in total. The standard InChI is InChI=1S/C16H15NOS/c18-16-9-8-14(11-15-7-4-10-19-15)17(16)12-13-5-2-1-3-6-13/h1-7,10-11H,8-9,12H2/b14-11+. The smallest absolute Gasteiger partial charge is 0.227 e. The van der Waals surface area contributed by atoms with E-state index in [-0.39, 0.29) is 5.91 Å². The number of carbonyl (C=O) groups excluding carboxylic acids is 1. The van der Waals surface area contributed by atoms with Crippen molar-refractivity contribution in [2.75, 3.05) is 0 Å². The molecule has 0 aliphatic carbocycles. The van der Waals surface area contributed by atoms with Crippen molar-refractivity contribution in [2.45, 2.75) is 19.4 Å². The minimum Gasteiger partial charge on any atom is -0.312 e. The molecule has 0 unspecified atom stereocenters. The van der Waals surface area contributed by atoms with E-state index in [1.54, 1.807) is 11.3 Å². The van der Waals surface area contributed by atoms with Crippen molar-refractivity contribution in [3.05, 3.63) is 64.0 Å². The third-order valence-corrected chi connectivity index (χ3v) is 4.10. The van der Waals surface area contributed by atoms with E-state index in [0.29, 0.717) is 13.0 Å². The first-order valence-electron chi connectivity index (χ1n) is 6.41. The van der Waals surface area contributed by atoms with Crippen LogP contribution in [0.3, 0.4) is 0 Å². The predicted octanol–water partition coefficient (Wildman–Crippen LogP) is 3.91. The van der Waals surface area contributed by atoms with Gasteiger partial charge in [0.15, 0.2) is 0 Å². The predicted molar refractivity (Wildman–Crippen MR) is 78.5 cm³/mol. The number of amides is 1. The highest BCUT2D eigenvalue weighted by molar-refractivity contribution is 7.10. The Labute approximate surface area is 117 Å². The van der Waals surface area contributed by atoms with E-state index in [1.165, 1.54) is 10.4 Å². The van der Waals surface area contributed by atoms with E-state index in [1.807, 2.05) is 29.2 Å². The van der Waals surface area contributed by atoms with E-state index in [9.17, 15) is 4.79 Å². The summed E-state index contributed by atoms with van der Waals surface area (Å²) in [6.07, 6.45) is 3.62. The highest BCUT2D eigenvalue weighted by atomic mass is 32.1. The number of likely N-dealkylation sites (tertiary alicyclic amines) is 1. The van der Waals surface area contributed by atoms with Gasteiger partial charge in [-0.2, -0.15) is 0 Å². The second kappa shape index (κ2) is 5.41. The Morgan fingerprint density at radius 2 is 1.95 bits per heavy atom. The van der Waals surface area contributed by atoms with Crippen LogP contribution in [0.2, 0.25) is 0 Å². The molecule has 2 heterocycles. The normalized spacial score (nSPS) is 17.4. The molecule has 1 aliphatic heterocycles. The number of hydrogen-bond acceptors (Lipinski definition) is 2. The molecule has 1 aromatic carbocycles. The molecule has 1 amide bonds. The molecule has 0 bridgehead atoms. The maximum Gasteiger partial charge on any atom is 0.227 e. The summed E-state index contributed by atoms with van der Waals surface area (Å²) in [5.41, 5.74) is 2.31. The minimum atomic E-state index is 0.228. The Hall–Kier alpha value is -1.87. The maximum absolute atomic E-state index is 12.0. The molecule has 0 saturated carbocycles. The SMILES string of the molecule is O=C1CC/C(=C\c2cccs2)N1Cc1ccccc1. The van der Waals surface area contributed by atoms with E-state index in [2.05, 4.69) is 29.7 Å². The van der Waals surface area contributed by atoms with Gasteiger partial charge in [0.05, 0.1) is 6.54 Å². The summed E-state index contributed by atoms with van der Waals surface area (Å²) in [5, 5.41) is 2.06. The van der Waals surface area contributed by atoms with Crippen LogP contribution in [0, 0.1) is 0 Å². The lowest BCUT2D eigenvalue weighted by molar-refractivity contribution is -0.127. The number of thiophene rings is 1. The Balaban J connectivity index is 1.83. The first-order chi connectivity index (χ1) is 9.33. The van der Waals surface area contributed by atoms with Crippen molar-refractivity contribution in [3.8, 4) is 0 Å². The molecule has 2 aromatic rings. The van der Waals surface area contributed by atoms with Crippen LogP contribution in [0.5, 0.6) is 0 Å². The number of benzene rings is 1. The molecule has 1 saturated heterocycles. The molecule has 1 aromatic heterocycles. The van der Waals surface area contributed by atoms with Gasteiger partial charge in [-0.05, 0) is 29.5 Å². The summed E-state index contributed by atoms with van der Waals surface area (Å²) >= 11 is 1.70. The van der Waals surface area contributed by atoms with Gasteiger partial charge in [0.1, 0.15) is 0 Å². The van der Waals surface area contributed by atoms with Crippen molar-refractivity contribution >= 4 is 23.3 Å². The summed E-state index contributed by atoms with van der Waals surface area (Å²) in [5.74, 6) is 0.228. The summed E-state index contributed by atoms with van der Waals surface area (Å²) in [6.45, 7) is 0.677. The van der Waals surface area contributed by atoms with E-state index in [0.717, 1.165) is 12.1 Å². The molecule has 0 atom stereocenters. The quantitative estimate of drug-likeness (QED) is 0.827. The number of rotatable bonds is 3. The van der Waals surface area contributed by atoms with Crippen LogP contribution in [0.1, 0.15) is 23.3 Å². The van der Waals surface area contributed by atoms with E-state index in [4.69, 9.17) is 0 Å². The van der Waals surface area contributed by atoms with Crippen molar-refractivity contribution < 1.29 is 4.79 Å². The molecule has 0 spiro atoms. The summed E-state index contributed by atoms with van der Waals surface area (Å²) in [7, 11) is 0. The van der Waals surface area contributed by atoms with Gasteiger partial charge in [-0.3, -0.25) is 4.79 Å². The fraction of sp³-hybridized carbons (Fsp3) is 0.188. The number of nitrogens with zero attached hydrogens (tertiary/aromatic N) is 1. The van der Waals surface area contributed by atoms with Crippen molar-refractivity contribution in [3.63, 3.8) is 0 Å². The lowest BCUT2D eigenvalue weighted by Gasteiger charge is -2.18. The average Bonchev–Trinajstić information content (AvgIpc) is 3.05. The van der Waals surface area contributed by atoms with Gasteiger partial charge < -0.3 is 4.90 Å². The third kappa shape index (κ3) is 2.76. The van der Waals surface area contributed by atoms with Crippen LogP contribution in [-0.4, -0.2) is 10.8 Å². The lowest BCUT2D eigenvalue weighted by atomic mass is 10.2. The van der Waals surface area contributed by atoms with Gasteiger partial charge in [-0.1, -0.05) is 36.4 Å². The Kier molecular flexibility index (Phi) is 3.47. The fourth-order valence-corrected chi connectivity index (χ4v) is 2.98. The Morgan fingerprint density at radius 3 is 2.68 bits per heavy atom. The minimum absolute atomic E-state index is 0.228. The Bertz CT molecular complexity index is 586. The number of hydrogen-bond donors (Lipinski definition) is 0. The zero-order valence-electron chi connectivity index (χ0n) is 10.6. The van der Waals surface area contributed by atoms with Crippen molar-refractivity contribution in [2.24, 2.45) is 0 Å². The number of allylic oxidation sites excluding steroid dienone is 1. The molecule has 96 valence electrons. The van der Waals surface area contributed by atoms with Crippen LogP contribution >= 0.6 is 11.3 Å². The van der Waals surface area contributed by atoms with Crippen molar-refractivity contribution in [1.82, 2.24) is 4.90 Å². The summed E-state index contributed by atoms with van der Waals surface area (Å²) in [6, 6.07) is 14.3. The van der Waals surface area contributed by atoms with Crippen LogP contribution in [-0.2, 0) is 11.3 Å². The maximum atomic E-state index is 12.0. The lowest BCUT2D eigenvalue weighted by Crippen LogP contribution is -2.22. The van der Waals surface area contributed by atoms with Gasteiger partial charge in [0.25, 0.3) is 0 Å². The van der Waals surface area contributed by atoms with Gasteiger partial charge in [0, 0.05) is 17.0 Å². The van der Waals surface area contributed by atoms with Gasteiger partial charge >= 0.3 is 0 Å². The second-order valence-corrected chi connectivity index (χ2v) is 5.60. The molecular formula is C16H15NOS. The molecule has 3 heteroatoms.